The molecule has 0 saturated heterocycles. The Balaban J connectivity index is 1.54. The van der Waals surface area contributed by atoms with Crippen molar-refractivity contribution in [2.24, 2.45) is 7.05 Å². The second-order valence-electron chi connectivity index (χ2n) is 11.7. The van der Waals surface area contributed by atoms with E-state index in [0.717, 1.165) is 40.1 Å². The molecule has 0 unspecified atom stereocenters. The first-order valence-corrected chi connectivity index (χ1v) is 16.2. The van der Waals surface area contributed by atoms with E-state index in [2.05, 4.69) is 11.7 Å². The molecule has 246 valence electrons. The zero-order valence-electron chi connectivity index (χ0n) is 26.6. The lowest BCUT2D eigenvalue weighted by Gasteiger charge is -2.36. The summed E-state index contributed by atoms with van der Waals surface area (Å²) in [5, 5.41) is 11.6. The molecule has 0 saturated carbocycles. The van der Waals surface area contributed by atoms with Crippen molar-refractivity contribution in [2.45, 2.75) is 25.9 Å². The second kappa shape index (κ2) is 12.2. The minimum absolute atomic E-state index is 0.0152. The van der Waals surface area contributed by atoms with Crippen LogP contribution < -0.4 is 4.74 Å². The van der Waals surface area contributed by atoms with E-state index in [1.807, 2.05) is 49.8 Å². The number of benzene rings is 2. The zero-order valence-corrected chi connectivity index (χ0v) is 27.4. The number of aromatic nitrogens is 5. The quantitative estimate of drug-likeness (QED) is 0.123. The highest BCUT2D eigenvalue weighted by Gasteiger charge is 2.34. The van der Waals surface area contributed by atoms with E-state index in [9.17, 15) is 9.18 Å². The first kappa shape index (κ1) is 31.6. The fourth-order valence-corrected chi connectivity index (χ4v) is 7.39. The number of hydrogen-bond acceptors (Lipinski definition) is 7. The van der Waals surface area contributed by atoms with Gasteiger partial charge in [0.2, 0.25) is 5.91 Å². The van der Waals surface area contributed by atoms with Gasteiger partial charge in [0, 0.05) is 59.4 Å². The molecule has 9 nitrogen and oxygen atoms in total. The minimum Gasteiger partial charge on any atom is -0.490 e. The Morgan fingerprint density at radius 1 is 1.08 bits per heavy atom. The van der Waals surface area contributed by atoms with Crippen molar-refractivity contribution in [3.05, 3.63) is 83.8 Å². The fraction of sp³-hybridized carbons (Fsp3) is 0.257. The van der Waals surface area contributed by atoms with Gasteiger partial charge in [0.25, 0.3) is 0 Å². The molecule has 0 bridgehead atoms. The van der Waals surface area contributed by atoms with Crippen molar-refractivity contribution in [2.75, 3.05) is 26.9 Å². The van der Waals surface area contributed by atoms with Gasteiger partial charge >= 0.3 is 0 Å². The van der Waals surface area contributed by atoms with Crippen LogP contribution in [0.5, 0.6) is 5.75 Å². The Kier molecular flexibility index (Phi) is 8.04. The average molecular weight is 673 g/mol. The third kappa shape index (κ3) is 5.13. The number of rotatable bonds is 8. The van der Waals surface area contributed by atoms with E-state index in [1.165, 1.54) is 18.6 Å². The lowest BCUT2D eigenvalue weighted by Crippen LogP contribution is -2.42. The first-order valence-electron chi connectivity index (χ1n) is 15.3. The molecule has 13 heteroatoms. The lowest BCUT2D eigenvalue weighted by atomic mass is 9.96. The van der Waals surface area contributed by atoms with Crippen LogP contribution in [-0.4, -0.2) is 62.2 Å². The maximum atomic E-state index is 16.1. The van der Waals surface area contributed by atoms with Crippen LogP contribution in [-0.2, 0) is 16.6 Å². The average Bonchev–Trinajstić information content (AvgIpc) is 3.79. The van der Waals surface area contributed by atoms with Crippen LogP contribution in [0.4, 0.5) is 13.2 Å². The monoisotopic (exact) mass is 672 g/mol. The SMILES string of the molecule is C=CC(=O)N1C[C@H](C)n2nc(-c3nc(-c4ccc5c(cnn5C)c4)c4c(F)csc4c3-c3c(F)cc(F)cc3OCCOC)cc2[C@H]1C. The third-order valence-electron chi connectivity index (χ3n) is 8.74. The summed E-state index contributed by atoms with van der Waals surface area (Å²) in [6.07, 6.45) is 3.00. The smallest absolute Gasteiger partial charge is 0.246 e. The van der Waals surface area contributed by atoms with Gasteiger partial charge in [-0.3, -0.25) is 14.2 Å². The number of hydrogen-bond donors (Lipinski definition) is 0. The van der Waals surface area contributed by atoms with Crippen LogP contribution in [0.3, 0.4) is 0 Å². The van der Waals surface area contributed by atoms with Crippen LogP contribution in [0.25, 0.3) is 54.8 Å². The number of aryl methyl sites for hydroxylation is 1. The minimum atomic E-state index is -0.904. The molecule has 4 aromatic heterocycles. The van der Waals surface area contributed by atoms with E-state index in [4.69, 9.17) is 19.6 Å². The molecular weight excluding hydrogens is 641 g/mol. The highest BCUT2D eigenvalue weighted by molar-refractivity contribution is 7.18. The highest BCUT2D eigenvalue weighted by Crippen LogP contribution is 2.48. The van der Waals surface area contributed by atoms with E-state index in [-0.39, 0.29) is 59.2 Å². The Bertz CT molecular complexity index is 2240. The third-order valence-corrected chi connectivity index (χ3v) is 9.71. The summed E-state index contributed by atoms with van der Waals surface area (Å²) in [7, 11) is 3.32. The summed E-state index contributed by atoms with van der Waals surface area (Å²) < 4.78 is 61.6. The Labute approximate surface area is 277 Å². The standard InChI is InChI=1S/C35H31F3N6O3S/c1-6-29(45)43-16-18(2)44-27(19(43)3)14-25(41-44)34-32(30-23(37)12-22(36)13-28(30)47-10-9-46-5)35-31(24(38)17-48-35)33(40-34)20-7-8-26-21(11-20)15-39-42(26)4/h6-8,11-15,17-19H,1,9-10,16H2,2-5H3/t18-,19+/m0/s1. The Morgan fingerprint density at radius 3 is 2.67 bits per heavy atom. The van der Waals surface area contributed by atoms with Gasteiger partial charge in [0.05, 0.1) is 52.7 Å². The van der Waals surface area contributed by atoms with Crippen molar-refractivity contribution in [1.29, 1.82) is 0 Å². The number of fused-ring (bicyclic) bond motifs is 3. The second-order valence-corrected chi connectivity index (χ2v) is 12.6. The molecule has 6 aromatic rings. The largest absolute Gasteiger partial charge is 0.490 e. The molecule has 5 heterocycles. The number of carbonyl (C=O) groups is 1. The number of pyridine rings is 1. The molecule has 2 aromatic carbocycles. The topological polar surface area (TPSA) is 87.3 Å². The van der Waals surface area contributed by atoms with Crippen LogP contribution in [0.15, 0.2) is 60.6 Å². The van der Waals surface area contributed by atoms with Crippen molar-refractivity contribution in [3.8, 4) is 39.5 Å². The molecule has 0 N–H and O–H groups in total. The maximum Gasteiger partial charge on any atom is 0.246 e. The fourth-order valence-electron chi connectivity index (χ4n) is 6.42. The number of nitrogens with zero attached hydrogens (tertiary/aromatic N) is 6. The molecule has 1 amide bonds. The van der Waals surface area contributed by atoms with E-state index < -0.39 is 17.5 Å². The van der Waals surface area contributed by atoms with E-state index >= 15 is 8.78 Å². The zero-order chi connectivity index (χ0) is 33.9. The Hall–Kier alpha value is -5.01. The van der Waals surface area contributed by atoms with Crippen LogP contribution in [0.2, 0.25) is 0 Å². The maximum absolute atomic E-state index is 16.1. The van der Waals surface area contributed by atoms with Crippen molar-refractivity contribution in [1.82, 2.24) is 29.4 Å². The van der Waals surface area contributed by atoms with Gasteiger partial charge in [0.15, 0.2) is 0 Å². The number of halogens is 3. The number of ether oxygens (including phenoxy) is 2. The summed E-state index contributed by atoms with van der Waals surface area (Å²) >= 11 is 1.08. The van der Waals surface area contributed by atoms with Crippen molar-refractivity contribution in [3.63, 3.8) is 0 Å². The summed E-state index contributed by atoms with van der Waals surface area (Å²) in [6, 6.07) is 8.71. The normalized spacial score (nSPS) is 16.1. The molecule has 1 aliphatic rings. The van der Waals surface area contributed by atoms with Crippen molar-refractivity contribution < 1.29 is 27.4 Å². The predicted octanol–water partition coefficient (Wildman–Crippen LogP) is 7.47. The molecule has 0 radical (unpaired) electrons. The number of amides is 1. The molecule has 7 rings (SSSR count). The number of methoxy groups -OCH3 is 1. The van der Waals surface area contributed by atoms with Crippen LogP contribution in [0.1, 0.15) is 31.6 Å². The molecule has 1 aliphatic heterocycles. The van der Waals surface area contributed by atoms with Gasteiger partial charge in [-0.2, -0.15) is 10.2 Å². The van der Waals surface area contributed by atoms with Crippen molar-refractivity contribution >= 4 is 38.2 Å². The molecule has 48 heavy (non-hydrogen) atoms. The molecule has 0 aliphatic carbocycles. The molecule has 2 atom stereocenters. The number of thiophene rings is 1. The lowest BCUT2D eigenvalue weighted by molar-refractivity contribution is -0.129. The van der Waals surface area contributed by atoms with Gasteiger partial charge < -0.3 is 14.4 Å². The molecule has 0 fully saturated rings. The van der Waals surface area contributed by atoms with E-state index in [0.29, 0.717) is 28.2 Å². The summed E-state index contributed by atoms with van der Waals surface area (Å²) in [6.45, 7) is 8.07. The predicted molar refractivity (Wildman–Crippen MR) is 178 cm³/mol. The van der Waals surface area contributed by atoms with Gasteiger partial charge in [-0.05, 0) is 38.1 Å². The summed E-state index contributed by atoms with van der Waals surface area (Å²) in [5.41, 5.74) is 3.32. The van der Waals surface area contributed by atoms with E-state index in [1.54, 1.807) is 15.8 Å². The van der Waals surface area contributed by atoms with Crippen LogP contribution >= 0.6 is 11.3 Å². The summed E-state index contributed by atoms with van der Waals surface area (Å²) in [4.78, 5) is 19.5. The molecule has 0 spiro atoms. The Morgan fingerprint density at radius 2 is 1.90 bits per heavy atom. The van der Waals surface area contributed by atoms with Gasteiger partial charge in [-0.15, -0.1) is 11.3 Å². The van der Waals surface area contributed by atoms with Gasteiger partial charge in [-0.25, -0.2) is 18.2 Å². The van der Waals surface area contributed by atoms with Gasteiger partial charge in [0.1, 0.15) is 41.2 Å². The highest BCUT2D eigenvalue weighted by atomic mass is 32.1. The summed E-state index contributed by atoms with van der Waals surface area (Å²) in [5.74, 6) is -2.57. The molecular formula is C35H31F3N6O3S. The first-order chi connectivity index (χ1) is 23.1. The van der Waals surface area contributed by atoms with Crippen LogP contribution in [0, 0.1) is 17.5 Å². The number of carbonyl (C=O) groups excluding carboxylic acids is 1. The van der Waals surface area contributed by atoms with Gasteiger partial charge in [-0.1, -0.05) is 12.6 Å².